The number of fused-ring (bicyclic) bond motifs is 8. The van der Waals surface area contributed by atoms with Crippen LogP contribution in [0.2, 0.25) is 0 Å². The van der Waals surface area contributed by atoms with Crippen LogP contribution in [0.5, 0.6) is 0 Å². The summed E-state index contributed by atoms with van der Waals surface area (Å²) in [5.41, 5.74) is 15.4. The number of hydrogen-bond donors (Lipinski definition) is 1. The Kier molecular flexibility index (Phi) is 8.09. The Morgan fingerprint density at radius 2 is 0.898 bits per heavy atom. The summed E-state index contributed by atoms with van der Waals surface area (Å²) in [6.07, 6.45) is 8.44. The van der Waals surface area contributed by atoms with Gasteiger partial charge >= 0.3 is 0 Å². The van der Waals surface area contributed by atoms with Crippen molar-refractivity contribution in [2.75, 3.05) is 0 Å². The molecule has 5 heteroatoms. The molecule has 8 bridgehead atoms. The summed E-state index contributed by atoms with van der Waals surface area (Å²) in [4.78, 5) is 13.9. The average molecular weight is 711 g/mol. The SMILES string of the molecule is C1=Cc2cc3c(-c4ccccc4)c(-c4ccccc4)c(c(-c4ccccc4)c4nc(cc5ccc(cc1n2)[nH]5)C=C4)n3-c1ccccc1.[Mo]. The number of hydrogen-bond acceptors (Lipinski definition) is 2. The molecule has 0 unspecified atom stereocenters. The van der Waals surface area contributed by atoms with Gasteiger partial charge in [-0.25, -0.2) is 9.97 Å². The Bertz CT molecular complexity index is 2530. The first-order valence-electron chi connectivity index (χ1n) is 16.2. The summed E-state index contributed by atoms with van der Waals surface area (Å²) in [6, 6.07) is 53.3. The van der Waals surface area contributed by atoms with E-state index in [4.69, 9.17) is 9.97 Å². The second kappa shape index (κ2) is 13.0. The van der Waals surface area contributed by atoms with Gasteiger partial charge < -0.3 is 9.55 Å². The minimum Gasteiger partial charge on any atom is -0.355 e. The standard InChI is InChI=1S/C44H30N4.Mo/c1-5-13-30(14-6-1)41-39-26-25-36(47-39)28-35-22-21-33(45-35)27-34-23-24-37(46-34)29-40-42(31-15-7-2-8-16-31)43(32-17-9-3-10-18-32)44(41)48(40)38-19-11-4-12-20-38;/h1-29,45H;. The molecule has 0 radical (unpaired) electrons. The number of nitrogens with zero attached hydrogens (tertiary/aromatic N) is 3. The molecule has 1 N–H and O–H groups in total. The maximum atomic E-state index is 5.29. The molecule has 49 heavy (non-hydrogen) atoms. The van der Waals surface area contributed by atoms with Gasteiger partial charge in [0.25, 0.3) is 0 Å². The van der Waals surface area contributed by atoms with Crippen LogP contribution in [0, 0.1) is 0 Å². The predicted molar refractivity (Wildman–Crippen MR) is 200 cm³/mol. The van der Waals surface area contributed by atoms with Gasteiger partial charge in [-0.15, -0.1) is 0 Å². The van der Waals surface area contributed by atoms with Crippen molar-refractivity contribution in [3.63, 3.8) is 0 Å². The molecule has 232 valence electrons. The molecule has 0 atom stereocenters. The molecule has 2 aliphatic heterocycles. The summed E-state index contributed by atoms with van der Waals surface area (Å²) in [7, 11) is 0. The Labute approximate surface area is 299 Å². The van der Waals surface area contributed by atoms with Crippen LogP contribution in [0.4, 0.5) is 0 Å². The molecule has 0 saturated heterocycles. The minimum absolute atomic E-state index is 0. The van der Waals surface area contributed by atoms with Crippen LogP contribution < -0.4 is 0 Å². The first-order valence-corrected chi connectivity index (χ1v) is 16.2. The van der Waals surface area contributed by atoms with E-state index < -0.39 is 0 Å². The van der Waals surface area contributed by atoms with Gasteiger partial charge in [-0.05, 0) is 83.5 Å². The maximum Gasteiger partial charge on any atom is 0.0737 e. The smallest absolute Gasteiger partial charge is 0.0737 e. The van der Waals surface area contributed by atoms with Gasteiger partial charge in [-0.1, -0.05) is 109 Å². The minimum atomic E-state index is 0. The topological polar surface area (TPSA) is 46.5 Å². The second-order valence-electron chi connectivity index (χ2n) is 12.0. The van der Waals surface area contributed by atoms with Crippen LogP contribution in [-0.4, -0.2) is 19.5 Å². The third kappa shape index (κ3) is 5.71. The van der Waals surface area contributed by atoms with E-state index in [9.17, 15) is 0 Å². The van der Waals surface area contributed by atoms with Crippen molar-refractivity contribution >= 4 is 46.4 Å². The van der Waals surface area contributed by atoms with E-state index in [0.29, 0.717) is 0 Å². The van der Waals surface area contributed by atoms with E-state index >= 15 is 0 Å². The number of aromatic nitrogens is 4. The van der Waals surface area contributed by atoms with Gasteiger partial charge in [0, 0.05) is 54.5 Å². The van der Waals surface area contributed by atoms with Crippen LogP contribution in [0.3, 0.4) is 0 Å². The normalized spacial score (nSPS) is 11.8. The van der Waals surface area contributed by atoms with Crippen LogP contribution in [0.1, 0.15) is 22.8 Å². The third-order valence-electron chi connectivity index (χ3n) is 8.87. The van der Waals surface area contributed by atoms with Crippen LogP contribution in [-0.2, 0) is 21.1 Å². The molecular formula is C44H30MoN4. The van der Waals surface area contributed by atoms with Crippen molar-refractivity contribution in [3.05, 3.63) is 174 Å². The monoisotopic (exact) mass is 712 g/mol. The fourth-order valence-electron chi connectivity index (χ4n) is 6.81. The molecule has 0 amide bonds. The number of nitrogens with one attached hydrogen (secondary N) is 1. The summed E-state index contributed by atoms with van der Waals surface area (Å²) in [5, 5.41) is 0. The van der Waals surface area contributed by atoms with Gasteiger partial charge in [0.15, 0.2) is 0 Å². The fraction of sp³-hybridized carbons (Fsp3) is 0. The van der Waals surface area contributed by atoms with Gasteiger partial charge in [0.05, 0.1) is 33.8 Å². The molecule has 0 aliphatic carbocycles. The average Bonchev–Trinajstić information content (AvgIpc) is 3.95. The molecule has 0 spiro atoms. The van der Waals surface area contributed by atoms with Crippen LogP contribution >= 0.6 is 0 Å². The van der Waals surface area contributed by atoms with Crippen LogP contribution in [0.25, 0.3) is 85.4 Å². The number of benzene rings is 4. The Balaban J connectivity index is 0.00000348. The van der Waals surface area contributed by atoms with Crippen LogP contribution in [0.15, 0.2) is 152 Å². The Morgan fingerprint density at radius 1 is 0.429 bits per heavy atom. The van der Waals surface area contributed by atoms with Gasteiger partial charge in [-0.3, -0.25) is 0 Å². The van der Waals surface area contributed by atoms with Gasteiger partial charge in [0.1, 0.15) is 0 Å². The summed E-state index contributed by atoms with van der Waals surface area (Å²) < 4.78 is 2.41. The summed E-state index contributed by atoms with van der Waals surface area (Å²) >= 11 is 0. The molecular weight excluding hydrogens is 680 g/mol. The summed E-state index contributed by atoms with van der Waals surface area (Å²) in [5.74, 6) is 0. The van der Waals surface area contributed by atoms with Gasteiger partial charge in [-0.2, -0.15) is 0 Å². The first kappa shape index (κ1) is 30.5. The Hall–Kier alpha value is -5.83. The molecule has 0 saturated carbocycles. The van der Waals surface area contributed by atoms with Crippen molar-refractivity contribution in [1.29, 1.82) is 0 Å². The molecule has 7 aromatic rings. The summed E-state index contributed by atoms with van der Waals surface area (Å²) in [6.45, 7) is 0. The van der Waals surface area contributed by atoms with Crippen molar-refractivity contribution in [2.45, 2.75) is 0 Å². The fourth-order valence-corrected chi connectivity index (χ4v) is 6.81. The van der Waals surface area contributed by atoms with Crippen molar-refractivity contribution in [2.24, 2.45) is 0 Å². The number of aromatic amines is 1. The largest absolute Gasteiger partial charge is 0.355 e. The maximum absolute atomic E-state index is 5.29. The Morgan fingerprint density at radius 3 is 1.49 bits per heavy atom. The second-order valence-corrected chi connectivity index (χ2v) is 12.0. The van der Waals surface area contributed by atoms with Crippen molar-refractivity contribution < 1.29 is 21.1 Å². The number of rotatable bonds is 4. The van der Waals surface area contributed by atoms with E-state index in [-0.39, 0.29) is 21.1 Å². The molecule has 5 heterocycles. The molecule has 0 fully saturated rings. The first-order chi connectivity index (χ1) is 23.8. The quantitative estimate of drug-likeness (QED) is 0.185. The predicted octanol–water partition coefficient (Wildman–Crippen LogP) is 11.1. The van der Waals surface area contributed by atoms with Gasteiger partial charge in [0.2, 0.25) is 0 Å². The molecule has 9 rings (SSSR count). The van der Waals surface area contributed by atoms with E-state index in [1.807, 2.05) is 0 Å². The van der Waals surface area contributed by atoms with Crippen molar-refractivity contribution in [3.8, 4) is 39.1 Å². The number of H-pyrrole nitrogens is 1. The molecule has 4 nitrogen and oxygen atoms in total. The van der Waals surface area contributed by atoms with Crippen molar-refractivity contribution in [1.82, 2.24) is 19.5 Å². The third-order valence-corrected chi connectivity index (χ3v) is 8.87. The molecule has 3 aromatic heterocycles. The van der Waals surface area contributed by atoms with E-state index in [2.05, 4.69) is 186 Å². The van der Waals surface area contributed by atoms with E-state index in [0.717, 1.165) is 83.9 Å². The zero-order valence-corrected chi connectivity index (χ0v) is 28.5. The molecule has 2 aliphatic rings. The van der Waals surface area contributed by atoms with E-state index in [1.54, 1.807) is 0 Å². The number of para-hydroxylation sites is 1. The zero-order chi connectivity index (χ0) is 31.9. The zero-order valence-electron chi connectivity index (χ0n) is 26.5. The molecule has 4 aromatic carbocycles. The van der Waals surface area contributed by atoms with E-state index in [1.165, 1.54) is 0 Å².